The number of anilines is 1. The molecular weight excluding hydrogens is 261 g/mol. The lowest BCUT2D eigenvalue weighted by Gasteiger charge is -2.05. The molecule has 2 rings (SSSR count). The zero-order valence-corrected chi connectivity index (χ0v) is 9.65. The van der Waals surface area contributed by atoms with Gasteiger partial charge in [0.1, 0.15) is 28.9 Å². The fraction of sp³-hybridized carbons (Fsp3) is 0. The molecule has 2 N–H and O–H groups in total. The van der Waals surface area contributed by atoms with Crippen molar-refractivity contribution in [3.05, 3.63) is 47.1 Å². The van der Waals surface area contributed by atoms with E-state index in [1.54, 1.807) is 0 Å². The van der Waals surface area contributed by atoms with Crippen LogP contribution in [0.5, 0.6) is 5.75 Å². The van der Waals surface area contributed by atoms with Crippen molar-refractivity contribution in [2.45, 2.75) is 0 Å². The lowest BCUT2D eigenvalue weighted by molar-refractivity contribution is 0.102. The molecule has 7 heteroatoms. The third-order valence-corrected chi connectivity index (χ3v) is 2.29. The van der Waals surface area contributed by atoms with Crippen molar-refractivity contribution >= 4 is 23.3 Å². The minimum atomic E-state index is -0.630. The second kappa shape index (κ2) is 4.97. The third kappa shape index (κ3) is 2.72. The molecular formula is C11H7ClFN3O2. The SMILES string of the molecule is O=C(Nc1cc(Cl)ncn1)c1ccc(F)cc1O. The molecule has 2 aromatic rings. The second-order valence-corrected chi connectivity index (χ2v) is 3.73. The molecule has 0 spiro atoms. The molecule has 0 saturated heterocycles. The van der Waals surface area contributed by atoms with Crippen molar-refractivity contribution in [1.29, 1.82) is 0 Å². The fourth-order valence-electron chi connectivity index (χ4n) is 1.28. The number of phenolic OH excluding ortho intramolecular Hbond substituents is 1. The van der Waals surface area contributed by atoms with Gasteiger partial charge >= 0.3 is 0 Å². The molecule has 0 saturated carbocycles. The average Bonchev–Trinajstić information content (AvgIpc) is 2.28. The molecule has 0 unspecified atom stereocenters. The van der Waals surface area contributed by atoms with E-state index >= 15 is 0 Å². The van der Waals surface area contributed by atoms with Gasteiger partial charge in [-0.05, 0) is 12.1 Å². The Kier molecular flexibility index (Phi) is 3.38. The van der Waals surface area contributed by atoms with Crippen molar-refractivity contribution in [1.82, 2.24) is 9.97 Å². The van der Waals surface area contributed by atoms with Crippen molar-refractivity contribution in [3.8, 4) is 5.75 Å². The van der Waals surface area contributed by atoms with E-state index in [-0.39, 0.29) is 16.5 Å². The first kappa shape index (κ1) is 12.3. The number of rotatable bonds is 2. The lowest BCUT2D eigenvalue weighted by atomic mass is 10.2. The Hall–Kier alpha value is -2.21. The van der Waals surface area contributed by atoms with Crippen LogP contribution in [0.25, 0.3) is 0 Å². The molecule has 0 aliphatic rings. The predicted molar refractivity (Wildman–Crippen MR) is 63.1 cm³/mol. The maximum atomic E-state index is 12.8. The van der Waals surface area contributed by atoms with E-state index in [4.69, 9.17) is 11.6 Å². The fourth-order valence-corrected chi connectivity index (χ4v) is 1.43. The van der Waals surface area contributed by atoms with Crippen LogP contribution in [0.1, 0.15) is 10.4 Å². The summed E-state index contributed by atoms with van der Waals surface area (Å²) in [7, 11) is 0. The monoisotopic (exact) mass is 267 g/mol. The van der Waals surface area contributed by atoms with Gasteiger partial charge in [0.2, 0.25) is 0 Å². The molecule has 1 heterocycles. The molecule has 0 aliphatic heterocycles. The highest BCUT2D eigenvalue weighted by atomic mass is 35.5. The van der Waals surface area contributed by atoms with Gasteiger partial charge in [0.05, 0.1) is 5.56 Å². The standard InChI is InChI=1S/C11H7ClFN3O2/c12-9-4-10(15-5-14-9)16-11(18)7-2-1-6(13)3-8(7)17/h1-5,17H,(H,14,15,16,18). The average molecular weight is 268 g/mol. The Bertz CT molecular complexity index is 607. The maximum absolute atomic E-state index is 12.8. The highest BCUT2D eigenvalue weighted by Crippen LogP contribution is 2.19. The van der Waals surface area contributed by atoms with Gasteiger partial charge in [0.25, 0.3) is 5.91 Å². The quantitative estimate of drug-likeness (QED) is 0.818. The normalized spacial score (nSPS) is 10.1. The number of hydrogen-bond donors (Lipinski definition) is 2. The number of aromatic hydroxyl groups is 1. The first-order valence-corrected chi connectivity index (χ1v) is 5.21. The zero-order chi connectivity index (χ0) is 13.1. The number of aromatic nitrogens is 2. The van der Waals surface area contributed by atoms with Gasteiger partial charge in [-0.15, -0.1) is 0 Å². The number of halogens is 2. The van der Waals surface area contributed by atoms with Gasteiger partial charge in [0.15, 0.2) is 0 Å². The molecule has 1 aromatic carbocycles. The Balaban J connectivity index is 2.22. The van der Waals surface area contributed by atoms with Gasteiger partial charge in [-0.1, -0.05) is 11.6 Å². The Labute approximate surface area is 106 Å². The highest BCUT2D eigenvalue weighted by Gasteiger charge is 2.12. The summed E-state index contributed by atoms with van der Waals surface area (Å²) in [6.07, 6.45) is 1.18. The Morgan fingerprint density at radius 2 is 2.11 bits per heavy atom. The van der Waals surface area contributed by atoms with Crippen LogP contribution in [0.3, 0.4) is 0 Å². The van der Waals surface area contributed by atoms with Gasteiger partial charge in [0, 0.05) is 12.1 Å². The van der Waals surface area contributed by atoms with Crippen LogP contribution < -0.4 is 5.32 Å². The predicted octanol–water partition coefficient (Wildman–Crippen LogP) is 2.23. The van der Waals surface area contributed by atoms with E-state index in [1.165, 1.54) is 18.5 Å². The van der Waals surface area contributed by atoms with E-state index in [2.05, 4.69) is 15.3 Å². The van der Waals surface area contributed by atoms with Crippen LogP contribution in [0.2, 0.25) is 5.15 Å². The summed E-state index contributed by atoms with van der Waals surface area (Å²) in [4.78, 5) is 19.2. The van der Waals surface area contributed by atoms with Crippen molar-refractivity contribution in [2.24, 2.45) is 0 Å². The summed E-state index contributed by atoms with van der Waals surface area (Å²) in [5.41, 5.74) is -0.0638. The summed E-state index contributed by atoms with van der Waals surface area (Å²) in [5, 5.41) is 12.0. The minimum Gasteiger partial charge on any atom is -0.507 e. The van der Waals surface area contributed by atoms with Crippen molar-refractivity contribution in [3.63, 3.8) is 0 Å². The number of benzene rings is 1. The summed E-state index contributed by atoms with van der Waals surface area (Å²) in [6, 6.07) is 4.44. The first-order chi connectivity index (χ1) is 8.56. The molecule has 0 radical (unpaired) electrons. The van der Waals surface area contributed by atoms with E-state index in [1.807, 2.05) is 0 Å². The highest BCUT2D eigenvalue weighted by molar-refractivity contribution is 6.29. The van der Waals surface area contributed by atoms with Crippen LogP contribution in [-0.4, -0.2) is 21.0 Å². The number of carbonyl (C=O) groups excluding carboxylic acids is 1. The summed E-state index contributed by atoms with van der Waals surface area (Å²) < 4.78 is 12.8. The van der Waals surface area contributed by atoms with Gasteiger partial charge in [-0.2, -0.15) is 0 Å². The van der Waals surface area contributed by atoms with Gasteiger partial charge in [-0.3, -0.25) is 4.79 Å². The third-order valence-electron chi connectivity index (χ3n) is 2.08. The molecule has 18 heavy (non-hydrogen) atoms. The number of carbonyl (C=O) groups is 1. The van der Waals surface area contributed by atoms with E-state index in [0.29, 0.717) is 0 Å². The van der Waals surface area contributed by atoms with E-state index < -0.39 is 17.5 Å². The van der Waals surface area contributed by atoms with E-state index in [0.717, 1.165) is 12.1 Å². The van der Waals surface area contributed by atoms with Gasteiger partial charge < -0.3 is 10.4 Å². The minimum absolute atomic E-state index is 0.0638. The number of amides is 1. The summed E-state index contributed by atoms with van der Waals surface area (Å²) >= 11 is 5.62. The van der Waals surface area contributed by atoms with Crippen LogP contribution in [0, 0.1) is 5.82 Å². The van der Waals surface area contributed by atoms with Crippen LogP contribution >= 0.6 is 11.6 Å². The maximum Gasteiger partial charge on any atom is 0.260 e. The van der Waals surface area contributed by atoms with Crippen molar-refractivity contribution < 1.29 is 14.3 Å². The van der Waals surface area contributed by atoms with E-state index in [9.17, 15) is 14.3 Å². The molecule has 5 nitrogen and oxygen atoms in total. The van der Waals surface area contributed by atoms with Crippen LogP contribution in [0.4, 0.5) is 10.2 Å². The zero-order valence-electron chi connectivity index (χ0n) is 8.89. The number of hydrogen-bond acceptors (Lipinski definition) is 4. The molecule has 0 bridgehead atoms. The smallest absolute Gasteiger partial charge is 0.260 e. The van der Waals surface area contributed by atoms with Crippen LogP contribution in [-0.2, 0) is 0 Å². The molecule has 0 atom stereocenters. The van der Waals surface area contributed by atoms with Gasteiger partial charge in [-0.25, -0.2) is 14.4 Å². The summed E-state index contributed by atoms with van der Waals surface area (Å²) in [6.45, 7) is 0. The second-order valence-electron chi connectivity index (χ2n) is 3.34. The molecule has 92 valence electrons. The molecule has 1 amide bonds. The van der Waals surface area contributed by atoms with Crippen molar-refractivity contribution in [2.75, 3.05) is 5.32 Å². The molecule has 0 fully saturated rings. The number of nitrogens with one attached hydrogen (secondary N) is 1. The molecule has 0 aliphatic carbocycles. The molecule has 1 aromatic heterocycles. The number of phenols is 1. The topological polar surface area (TPSA) is 75.1 Å². The first-order valence-electron chi connectivity index (χ1n) is 4.83. The van der Waals surface area contributed by atoms with Crippen LogP contribution in [0.15, 0.2) is 30.6 Å². The Morgan fingerprint density at radius 1 is 1.33 bits per heavy atom. The summed E-state index contributed by atoms with van der Waals surface area (Å²) in [5.74, 6) is -1.52. The Morgan fingerprint density at radius 3 is 2.78 bits per heavy atom. The lowest BCUT2D eigenvalue weighted by Crippen LogP contribution is -2.13. The number of nitrogens with zero attached hydrogens (tertiary/aromatic N) is 2. The largest absolute Gasteiger partial charge is 0.507 e.